The van der Waals surface area contributed by atoms with Crippen molar-refractivity contribution in [2.45, 2.75) is 70.5 Å². The van der Waals surface area contributed by atoms with E-state index in [9.17, 15) is 15.0 Å². The summed E-state index contributed by atoms with van der Waals surface area (Å²) in [6, 6.07) is 0. The van der Waals surface area contributed by atoms with E-state index in [1.807, 2.05) is 0 Å². The molecule has 0 aromatic rings. The van der Waals surface area contributed by atoms with E-state index >= 15 is 0 Å². The van der Waals surface area contributed by atoms with Crippen LogP contribution in [-0.4, -0.2) is 46.7 Å². The summed E-state index contributed by atoms with van der Waals surface area (Å²) in [5.74, 6) is -1.62. The summed E-state index contributed by atoms with van der Waals surface area (Å²) in [5.41, 5.74) is 0. The Labute approximate surface area is 131 Å². The lowest BCUT2D eigenvalue weighted by atomic mass is 10.1. The number of aliphatic hydroxyl groups excluding tert-OH is 3. The zero-order valence-corrected chi connectivity index (χ0v) is 13.3. The summed E-state index contributed by atoms with van der Waals surface area (Å²) in [6.07, 6.45) is 6.84. The van der Waals surface area contributed by atoms with Crippen molar-refractivity contribution in [3.63, 3.8) is 0 Å². The minimum atomic E-state index is -1.29. The van der Waals surface area contributed by atoms with E-state index in [0.29, 0.717) is 6.61 Å². The minimum absolute atomic E-state index is 0.0745. The fourth-order valence-electron chi connectivity index (χ4n) is 2.38. The molecule has 0 unspecified atom stereocenters. The van der Waals surface area contributed by atoms with Gasteiger partial charge in [-0.15, -0.1) is 0 Å². The maximum atomic E-state index is 11.3. The molecule has 6 nitrogen and oxygen atoms in total. The number of esters is 1. The molecule has 1 heterocycles. The Balaban J connectivity index is 2.21. The predicted molar refractivity (Wildman–Crippen MR) is 81.2 cm³/mol. The van der Waals surface area contributed by atoms with E-state index in [0.717, 1.165) is 19.3 Å². The second kappa shape index (κ2) is 10.5. The van der Waals surface area contributed by atoms with E-state index in [2.05, 4.69) is 6.92 Å². The molecule has 22 heavy (non-hydrogen) atoms. The molecule has 0 aromatic heterocycles. The number of ether oxygens (including phenoxy) is 2. The first kappa shape index (κ1) is 18.8. The topological polar surface area (TPSA) is 96.2 Å². The Morgan fingerprint density at radius 3 is 2.32 bits per heavy atom. The SMILES string of the molecule is CCCCCCCCCCOC1=C(O)C(=O)O[C@@H]1[C@@H](O)CO. The van der Waals surface area contributed by atoms with Gasteiger partial charge >= 0.3 is 5.97 Å². The van der Waals surface area contributed by atoms with E-state index in [4.69, 9.17) is 14.6 Å². The maximum Gasteiger partial charge on any atom is 0.378 e. The first-order valence-corrected chi connectivity index (χ1v) is 8.17. The molecular weight excluding hydrogens is 288 g/mol. The summed E-state index contributed by atoms with van der Waals surface area (Å²) in [4.78, 5) is 11.3. The van der Waals surface area contributed by atoms with Crippen LogP contribution in [0.1, 0.15) is 58.3 Å². The third kappa shape index (κ3) is 5.85. The molecule has 0 amide bonds. The zero-order chi connectivity index (χ0) is 16.4. The Bertz CT molecular complexity index is 366. The van der Waals surface area contributed by atoms with E-state index in [1.54, 1.807) is 0 Å². The van der Waals surface area contributed by atoms with Gasteiger partial charge in [0.15, 0.2) is 11.9 Å². The molecule has 0 bridgehead atoms. The van der Waals surface area contributed by atoms with Crippen molar-refractivity contribution in [1.29, 1.82) is 0 Å². The van der Waals surface area contributed by atoms with Gasteiger partial charge < -0.3 is 24.8 Å². The number of unbranched alkanes of at least 4 members (excludes halogenated alkanes) is 7. The highest BCUT2D eigenvalue weighted by molar-refractivity contribution is 5.89. The lowest BCUT2D eigenvalue weighted by Crippen LogP contribution is -2.32. The standard InChI is InChI=1S/C16H28O6/c1-2-3-4-5-6-7-8-9-10-21-15-13(19)16(20)22-14(15)12(18)11-17/h12,14,17-19H,2-11H2,1H3/t12-,14+/m0/s1. The van der Waals surface area contributed by atoms with Crippen LogP contribution in [0, 0.1) is 0 Å². The second-order valence-corrected chi connectivity index (χ2v) is 5.61. The Kier molecular flexibility index (Phi) is 8.92. The van der Waals surface area contributed by atoms with Crippen molar-refractivity contribution in [3.8, 4) is 0 Å². The van der Waals surface area contributed by atoms with Crippen LogP contribution in [0.25, 0.3) is 0 Å². The van der Waals surface area contributed by atoms with E-state index in [1.165, 1.54) is 32.1 Å². The van der Waals surface area contributed by atoms with Crippen molar-refractivity contribution >= 4 is 5.97 Å². The molecule has 0 aromatic carbocycles. The number of hydrogen-bond donors (Lipinski definition) is 3. The molecule has 3 N–H and O–H groups in total. The summed E-state index contributed by atoms with van der Waals surface area (Å²) < 4.78 is 10.2. The highest BCUT2D eigenvalue weighted by atomic mass is 16.6. The molecule has 1 rings (SSSR count). The molecule has 0 saturated carbocycles. The molecule has 128 valence electrons. The molecule has 6 heteroatoms. The van der Waals surface area contributed by atoms with Crippen LogP contribution in [0.4, 0.5) is 0 Å². The van der Waals surface area contributed by atoms with Crippen molar-refractivity contribution < 1.29 is 29.6 Å². The number of hydrogen-bond acceptors (Lipinski definition) is 6. The quantitative estimate of drug-likeness (QED) is 0.377. The van der Waals surface area contributed by atoms with Gasteiger partial charge in [-0.2, -0.15) is 0 Å². The lowest BCUT2D eigenvalue weighted by molar-refractivity contribution is -0.148. The molecule has 1 aliphatic heterocycles. The highest BCUT2D eigenvalue weighted by Gasteiger charge is 2.40. The van der Waals surface area contributed by atoms with Crippen molar-refractivity contribution in [3.05, 3.63) is 11.5 Å². The van der Waals surface area contributed by atoms with Crippen molar-refractivity contribution in [2.24, 2.45) is 0 Å². The van der Waals surface area contributed by atoms with Gasteiger partial charge in [0.25, 0.3) is 0 Å². The number of carbonyl (C=O) groups is 1. The Morgan fingerprint density at radius 2 is 1.73 bits per heavy atom. The number of aliphatic hydroxyl groups is 3. The third-order valence-electron chi connectivity index (χ3n) is 3.71. The number of cyclic esters (lactones) is 1. The molecule has 0 spiro atoms. The van der Waals surface area contributed by atoms with Gasteiger partial charge in [0.05, 0.1) is 13.2 Å². The normalized spacial score (nSPS) is 19.4. The van der Waals surface area contributed by atoms with Gasteiger partial charge in [-0.25, -0.2) is 4.79 Å². The van der Waals surface area contributed by atoms with Gasteiger partial charge in [0, 0.05) is 0 Å². The van der Waals surface area contributed by atoms with Crippen LogP contribution < -0.4 is 0 Å². The predicted octanol–water partition coefficient (Wildman–Crippen LogP) is 2.19. The smallest absolute Gasteiger partial charge is 0.378 e. The summed E-state index contributed by atoms with van der Waals surface area (Å²) in [6.45, 7) is 1.97. The average molecular weight is 316 g/mol. The molecule has 0 aliphatic carbocycles. The van der Waals surface area contributed by atoms with Gasteiger partial charge in [-0.1, -0.05) is 51.9 Å². The summed E-state index contributed by atoms with van der Waals surface area (Å²) >= 11 is 0. The van der Waals surface area contributed by atoms with Crippen molar-refractivity contribution in [2.75, 3.05) is 13.2 Å². The third-order valence-corrected chi connectivity index (χ3v) is 3.71. The van der Waals surface area contributed by atoms with Crippen molar-refractivity contribution in [1.82, 2.24) is 0 Å². The number of rotatable bonds is 12. The Hall–Kier alpha value is -1.27. The minimum Gasteiger partial charge on any atom is -0.499 e. The van der Waals surface area contributed by atoms with Gasteiger partial charge in [0.1, 0.15) is 6.10 Å². The number of carbonyl (C=O) groups excluding carboxylic acids is 1. The summed E-state index contributed by atoms with van der Waals surface area (Å²) in [5, 5.41) is 28.1. The van der Waals surface area contributed by atoms with Crippen LogP contribution in [0.5, 0.6) is 0 Å². The van der Waals surface area contributed by atoms with Crippen LogP contribution in [0.2, 0.25) is 0 Å². The molecule has 0 fully saturated rings. The van der Waals surface area contributed by atoms with Crippen LogP contribution >= 0.6 is 0 Å². The monoisotopic (exact) mass is 316 g/mol. The molecule has 0 radical (unpaired) electrons. The average Bonchev–Trinajstić information content (AvgIpc) is 2.80. The molecule has 1 aliphatic rings. The fraction of sp³-hybridized carbons (Fsp3) is 0.812. The van der Waals surface area contributed by atoms with E-state index in [-0.39, 0.29) is 5.76 Å². The first-order valence-electron chi connectivity index (χ1n) is 8.17. The van der Waals surface area contributed by atoms with E-state index < -0.39 is 30.5 Å². The van der Waals surface area contributed by atoms with Crippen LogP contribution in [-0.2, 0) is 14.3 Å². The maximum absolute atomic E-state index is 11.3. The highest BCUT2D eigenvalue weighted by Crippen LogP contribution is 2.25. The fourth-order valence-corrected chi connectivity index (χ4v) is 2.38. The summed E-state index contributed by atoms with van der Waals surface area (Å²) in [7, 11) is 0. The first-order chi connectivity index (χ1) is 10.6. The molecule has 0 saturated heterocycles. The largest absolute Gasteiger partial charge is 0.499 e. The molecule has 2 atom stereocenters. The molecular formula is C16H28O6. The van der Waals surface area contributed by atoms with Gasteiger partial charge in [0.2, 0.25) is 5.76 Å². The second-order valence-electron chi connectivity index (χ2n) is 5.61. The van der Waals surface area contributed by atoms with Crippen LogP contribution in [0.3, 0.4) is 0 Å². The van der Waals surface area contributed by atoms with Gasteiger partial charge in [-0.3, -0.25) is 0 Å². The Morgan fingerprint density at radius 1 is 1.14 bits per heavy atom. The zero-order valence-electron chi connectivity index (χ0n) is 13.3. The van der Waals surface area contributed by atoms with Crippen LogP contribution in [0.15, 0.2) is 11.5 Å². The lowest BCUT2D eigenvalue weighted by Gasteiger charge is -2.18. The van der Waals surface area contributed by atoms with Gasteiger partial charge in [-0.05, 0) is 6.42 Å².